The maximum absolute atomic E-state index is 13.3. The first kappa shape index (κ1) is 18.0. The van der Waals surface area contributed by atoms with Crippen LogP contribution in [0.1, 0.15) is 50.0 Å². The van der Waals surface area contributed by atoms with Crippen LogP contribution < -0.4 is 5.32 Å². The predicted octanol–water partition coefficient (Wildman–Crippen LogP) is 4.87. The SMILES string of the molecule is Cc1nc(SC(C)C(=O)Nc2cccc(F)c2)n(C2CCCC2)c1C. The highest BCUT2D eigenvalue weighted by Gasteiger charge is 2.25. The van der Waals surface area contributed by atoms with Gasteiger partial charge in [-0.25, -0.2) is 9.37 Å². The minimum atomic E-state index is -0.360. The quantitative estimate of drug-likeness (QED) is 0.773. The number of thioether (sulfide) groups is 1. The summed E-state index contributed by atoms with van der Waals surface area (Å²) in [6.45, 7) is 5.97. The third-order valence-electron chi connectivity index (χ3n) is 4.79. The fourth-order valence-corrected chi connectivity index (χ4v) is 4.36. The van der Waals surface area contributed by atoms with Gasteiger partial charge in [-0.3, -0.25) is 4.79 Å². The maximum Gasteiger partial charge on any atom is 0.237 e. The van der Waals surface area contributed by atoms with E-state index in [4.69, 9.17) is 0 Å². The van der Waals surface area contributed by atoms with E-state index in [2.05, 4.69) is 21.8 Å². The molecule has 1 aliphatic carbocycles. The van der Waals surface area contributed by atoms with E-state index in [9.17, 15) is 9.18 Å². The normalized spacial score (nSPS) is 16.2. The third-order valence-corrected chi connectivity index (χ3v) is 5.85. The van der Waals surface area contributed by atoms with Gasteiger partial charge < -0.3 is 9.88 Å². The lowest BCUT2D eigenvalue weighted by Crippen LogP contribution is -2.23. The van der Waals surface area contributed by atoms with Crippen molar-refractivity contribution in [1.82, 2.24) is 9.55 Å². The molecule has 1 aromatic carbocycles. The monoisotopic (exact) mass is 361 g/mol. The number of nitrogens with zero attached hydrogens (tertiary/aromatic N) is 2. The van der Waals surface area contributed by atoms with Gasteiger partial charge in [-0.05, 0) is 51.8 Å². The fraction of sp³-hybridized carbons (Fsp3) is 0.474. The standard InChI is InChI=1S/C19H24FN3OS/c1-12-13(2)23(17-9-4-5-10-17)19(21-12)25-14(3)18(24)22-16-8-6-7-15(20)11-16/h6-8,11,14,17H,4-5,9-10H2,1-3H3,(H,22,24). The molecular formula is C19H24FN3OS. The molecule has 0 radical (unpaired) electrons. The highest BCUT2D eigenvalue weighted by molar-refractivity contribution is 8.00. The zero-order valence-corrected chi connectivity index (χ0v) is 15.7. The van der Waals surface area contributed by atoms with Crippen molar-refractivity contribution in [3.05, 3.63) is 41.5 Å². The van der Waals surface area contributed by atoms with Gasteiger partial charge in [0.25, 0.3) is 0 Å². The summed E-state index contributed by atoms with van der Waals surface area (Å²) in [6, 6.07) is 6.44. The number of hydrogen-bond acceptors (Lipinski definition) is 3. The number of benzene rings is 1. The first-order valence-corrected chi connectivity index (χ1v) is 9.62. The zero-order valence-electron chi connectivity index (χ0n) is 14.9. The van der Waals surface area contributed by atoms with E-state index in [-0.39, 0.29) is 17.0 Å². The Balaban J connectivity index is 1.73. The molecule has 1 aliphatic rings. The van der Waals surface area contributed by atoms with E-state index < -0.39 is 0 Å². The van der Waals surface area contributed by atoms with Crippen LogP contribution in [-0.4, -0.2) is 20.7 Å². The van der Waals surface area contributed by atoms with E-state index in [1.807, 2.05) is 13.8 Å². The van der Waals surface area contributed by atoms with Crippen molar-refractivity contribution in [2.24, 2.45) is 0 Å². The van der Waals surface area contributed by atoms with Crippen molar-refractivity contribution in [2.45, 2.75) is 62.9 Å². The molecule has 134 valence electrons. The first-order chi connectivity index (χ1) is 12.0. The van der Waals surface area contributed by atoms with Gasteiger partial charge in [-0.1, -0.05) is 30.7 Å². The number of halogens is 1. The Kier molecular flexibility index (Phi) is 5.47. The molecule has 2 aromatic rings. The van der Waals surface area contributed by atoms with Crippen LogP contribution in [-0.2, 0) is 4.79 Å². The number of rotatable bonds is 5. The molecule has 1 heterocycles. The van der Waals surface area contributed by atoms with E-state index in [1.54, 1.807) is 12.1 Å². The van der Waals surface area contributed by atoms with Crippen LogP contribution in [0.15, 0.2) is 29.4 Å². The largest absolute Gasteiger partial charge is 0.325 e. The predicted molar refractivity (Wildman–Crippen MR) is 99.6 cm³/mol. The number of aromatic nitrogens is 2. The van der Waals surface area contributed by atoms with E-state index in [0.717, 1.165) is 10.9 Å². The van der Waals surface area contributed by atoms with Crippen LogP contribution in [0.2, 0.25) is 0 Å². The molecule has 6 heteroatoms. The molecule has 4 nitrogen and oxygen atoms in total. The van der Waals surface area contributed by atoms with Crippen molar-refractivity contribution in [3.63, 3.8) is 0 Å². The van der Waals surface area contributed by atoms with Crippen LogP contribution in [0.25, 0.3) is 0 Å². The molecule has 0 saturated heterocycles. The summed E-state index contributed by atoms with van der Waals surface area (Å²) in [6.07, 6.45) is 4.85. The Bertz CT molecular complexity index is 768. The van der Waals surface area contributed by atoms with Gasteiger partial charge in [0.1, 0.15) is 5.82 Å². The van der Waals surface area contributed by atoms with Crippen LogP contribution in [0.5, 0.6) is 0 Å². The Hall–Kier alpha value is -1.82. The average molecular weight is 361 g/mol. The minimum Gasteiger partial charge on any atom is -0.325 e. The number of imidazole rings is 1. The van der Waals surface area contributed by atoms with Crippen molar-refractivity contribution in [1.29, 1.82) is 0 Å². The summed E-state index contributed by atoms with van der Waals surface area (Å²) >= 11 is 1.47. The summed E-state index contributed by atoms with van der Waals surface area (Å²) < 4.78 is 15.6. The molecule has 1 atom stereocenters. The Morgan fingerprint density at radius 1 is 1.36 bits per heavy atom. The van der Waals surface area contributed by atoms with Gasteiger partial charge in [0, 0.05) is 17.4 Å². The molecular weight excluding hydrogens is 337 g/mol. The smallest absolute Gasteiger partial charge is 0.237 e. The summed E-state index contributed by atoms with van der Waals surface area (Å²) in [5, 5.41) is 3.37. The molecule has 3 rings (SSSR count). The highest BCUT2D eigenvalue weighted by atomic mass is 32.2. The molecule has 1 unspecified atom stereocenters. The Labute approximate surface area is 152 Å². The second-order valence-electron chi connectivity index (χ2n) is 6.63. The molecule has 25 heavy (non-hydrogen) atoms. The number of amides is 1. The molecule has 1 saturated carbocycles. The zero-order chi connectivity index (χ0) is 18.0. The fourth-order valence-electron chi connectivity index (χ4n) is 3.29. The minimum absolute atomic E-state index is 0.146. The van der Waals surface area contributed by atoms with Gasteiger partial charge in [0.15, 0.2) is 5.16 Å². The number of hydrogen-bond donors (Lipinski definition) is 1. The lowest BCUT2D eigenvalue weighted by Gasteiger charge is -2.18. The van der Waals surface area contributed by atoms with Crippen molar-refractivity contribution in [3.8, 4) is 0 Å². The summed E-state index contributed by atoms with van der Waals surface area (Å²) in [4.78, 5) is 17.1. The third kappa shape index (κ3) is 4.06. The van der Waals surface area contributed by atoms with E-state index in [0.29, 0.717) is 11.7 Å². The van der Waals surface area contributed by atoms with Gasteiger partial charge in [-0.2, -0.15) is 0 Å². The topological polar surface area (TPSA) is 46.9 Å². The molecule has 0 aliphatic heterocycles. The average Bonchev–Trinajstić information content (AvgIpc) is 3.16. The van der Waals surface area contributed by atoms with Gasteiger partial charge in [0.05, 0.1) is 10.9 Å². The summed E-state index contributed by atoms with van der Waals surface area (Å²) in [7, 11) is 0. The lowest BCUT2D eigenvalue weighted by atomic mass is 10.2. The number of nitrogens with one attached hydrogen (secondary N) is 1. The van der Waals surface area contributed by atoms with Crippen molar-refractivity contribution < 1.29 is 9.18 Å². The number of anilines is 1. The maximum atomic E-state index is 13.3. The summed E-state index contributed by atoms with van der Waals surface area (Å²) in [5.41, 5.74) is 2.68. The molecule has 0 spiro atoms. The number of carbonyl (C=O) groups excluding carboxylic acids is 1. The molecule has 1 N–H and O–H groups in total. The molecule has 1 aromatic heterocycles. The molecule has 1 fully saturated rings. The highest BCUT2D eigenvalue weighted by Crippen LogP contribution is 2.36. The molecule has 0 bridgehead atoms. The van der Waals surface area contributed by atoms with Gasteiger partial charge >= 0.3 is 0 Å². The van der Waals surface area contributed by atoms with Crippen LogP contribution in [0.3, 0.4) is 0 Å². The van der Waals surface area contributed by atoms with Crippen molar-refractivity contribution in [2.75, 3.05) is 5.32 Å². The first-order valence-electron chi connectivity index (χ1n) is 8.74. The van der Waals surface area contributed by atoms with Gasteiger partial charge in [0.2, 0.25) is 5.91 Å². The van der Waals surface area contributed by atoms with Crippen LogP contribution in [0.4, 0.5) is 10.1 Å². The summed E-state index contributed by atoms with van der Waals surface area (Å²) in [5.74, 6) is -0.506. The van der Waals surface area contributed by atoms with Crippen molar-refractivity contribution >= 4 is 23.4 Å². The Morgan fingerprint density at radius 3 is 2.76 bits per heavy atom. The number of aryl methyl sites for hydroxylation is 1. The number of carbonyl (C=O) groups is 1. The Morgan fingerprint density at radius 2 is 2.08 bits per heavy atom. The van der Waals surface area contributed by atoms with Crippen LogP contribution in [0, 0.1) is 19.7 Å². The second-order valence-corrected chi connectivity index (χ2v) is 7.94. The van der Waals surface area contributed by atoms with Crippen LogP contribution >= 0.6 is 11.8 Å². The van der Waals surface area contributed by atoms with E-state index in [1.165, 1.54) is 55.3 Å². The lowest BCUT2D eigenvalue weighted by molar-refractivity contribution is -0.115. The molecule has 1 amide bonds. The van der Waals surface area contributed by atoms with E-state index >= 15 is 0 Å². The second kappa shape index (κ2) is 7.60. The van der Waals surface area contributed by atoms with Gasteiger partial charge in [-0.15, -0.1) is 0 Å².